The fraction of sp³-hybridized carbons (Fsp3) is 0.588. The van der Waals surface area contributed by atoms with Crippen molar-refractivity contribution >= 4 is 5.91 Å². The minimum atomic E-state index is 0.106. The minimum absolute atomic E-state index is 0.106. The van der Waals surface area contributed by atoms with Gasteiger partial charge in [0.2, 0.25) is 5.91 Å². The molecule has 1 aliphatic rings. The fourth-order valence-corrected chi connectivity index (χ4v) is 2.77. The van der Waals surface area contributed by atoms with Gasteiger partial charge in [0, 0.05) is 5.92 Å². The Morgan fingerprint density at radius 3 is 2.11 bits per heavy atom. The number of hydrogen-bond acceptors (Lipinski definition) is 1. The predicted octanol–water partition coefficient (Wildman–Crippen LogP) is 4.18. The van der Waals surface area contributed by atoms with Crippen LogP contribution < -0.4 is 5.32 Å². The van der Waals surface area contributed by atoms with E-state index in [0.29, 0.717) is 5.92 Å². The number of nitrogens with one attached hydrogen (secondary N) is 1. The Hall–Kier alpha value is -1.31. The topological polar surface area (TPSA) is 29.1 Å². The number of benzene rings is 1. The molecule has 1 amide bonds. The van der Waals surface area contributed by atoms with Crippen LogP contribution in [-0.4, -0.2) is 5.91 Å². The highest BCUT2D eigenvalue weighted by molar-refractivity contribution is 5.79. The van der Waals surface area contributed by atoms with Gasteiger partial charge in [-0.25, -0.2) is 0 Å². The molecule has 0 heterocycles. The van der Waals surface area contributed by atoms with Gasteiger partial charge in [-0.1, -0.05) is 51.0 Å². The summed E-state index contributed by atoms with van der Waals surface area (Å²) < 4.78 is 0. The Labute approximate surface area is 116 Å². The first-order valence-corrected chi connectivity index (χ1v) is 7.48. The van der Waals surface area contributed by atoms with Gasteiger partial charge in [0.25, 0.3) is 0 Å². The van der Waals surface area contributed by atoms with E-state index in [2.05, 4.69) is 50.4 Å². The number of amides is 1. The highest BCUT2D eigenvalue weighted by Gasteiger charge is 2.23. The molecule has 1 fully saturated rings. The smallest absolute Gasteiger partial charge is 0.223 e. The van der Waals surface area contributed by atoms with Crippen molar-refractivity contribution in [2.45, 2.75) is 58.4 Å². The lowest BCUT2D eigenvalue weighted by molar-refractivity contribution is -0.125. The van der Waals surface area contributed by atoms with E-state index in [1.165, 1.54) is 24.0 Å². The Morgan fingerprint density at radius 2 is 1.58 bits per heavy atom. The summed E-state index contributed by atoms with van der Waals surface area (Å²) in [6.07, 6.45) is 4.53. The zero-order chi connectivity index (χ0) is 13.8. The lowest BCUT2D eigenvalue weighted by Crippen LogP contribution is -2.31. The maximum atomic E-state index is 12.1. The van der Waals surface area contributed by atoms with E-state index in [0.717, 1.165) is 12.8 Å². The molecule has 0 saturated heterocycles. The monoisotopic (exact) mass is 259 g/mol. The van der Waals surface area contributed by atoms with Gasteiger partial charge in [-0.2, -0.15) is 0 Å². The van der Waals surface area contributed by atoms with Crippen LogP contribution in [0.2, 0.25) is 0 Å². The second kappa shape index (κ2) is 6.23. The summed E-state index contributed by atoms with van der Waals surface area (Å²) in [5, 5.41) is 3.15. The van der Waals surface area contributed by atoms with Crippen LogP contribution in [0.1, 0.15) is 69.5 Å². The van der Waals surface area contributed by atoms with E-state index in [4.69, 9.17) is 0 Å². The molecule has 0 bridgehead atoms. The quantitative estimate of drug-likeness (QED) is 0.863. The Balaban J connectivity index is 1.95. The molecule has 1 atom stereocenters. The van der Waals surface area contributed by atoms with Crippen LogP contribution in [-0.2, 0) is 4.79 Å². The number of carbonyl (C=O) groups excluding carboxylic acids is 1. The van der Waals surface area contributed by atoms with Crippen molar-refractivity contribution in [1.29, 1.82) is 0 Å². The molecule has 1 aromatic rings. The summed E-state index contributed by atoms with van der Waals surface area (Å²) in [5.74, 6) is 1.03. The first-order chi connectivity index (χ1) is 9.08. The van der Waals surface area contributed by atoms with Crippen molar-refractivity contribution in [2.75, 3.05) is 0 Å². The van der Waals surface area contributed by atoms with E-state index < -0.39 is 0 Å². The number of rotatable bonds is 4. The fourth-order valence-electron chi connectivity index (χ4n) is 2.77. The largest absolute Gasteiger partial charge is 0.349 e. The van der Waals surface area contributed by atoms with Gasteiger partial charge in [-0.05, 0) is 36.8 Å². The van der Waals surface area contributed by atoms with Crippen LogP contribution in [0.15, 0.2) is 24.3 Å². The molecule has 0 radical (unpaired) electrons. The minimum Gasteiger partial charge on any atom is -0.349 e. The van der Waals surface area contributed by atoms with Crippen molar-refractivity contribution in [3.05, 3.63) is 35.4 Å². The molecule has 104 valence electrons. The van der Waals surface area contributed by atoms with Gasteiger partial charge < -0.3 is 5.32 Å². The molecule has 2 heteroatoms. The average Bonchev–Trinajstić information content (AvgIpc) is 2.92. The summed E-state index contributed by atoms with van der Waals surface area (Å²) >= 11 is 0. The summed E-state index contributed by atoms with van der Waals surface area (Å²) in [7, 11) is 0. The summed E-state index contributed by atoms with van der Waals surface area (Å²) in [5.41, 5.74) is 2.54. The number of hydrogen-bond donors (Lipinski definition) is 1. The van der Waals surface area contributed by atoms with E-state index >= 15 is 0 Å². The van der Waals surface area contributed by atoms with E-state index in [1.54, 1.807) is 0 Å². The number of carbonyl (C=O) groups is 1. The van der Waals surface area contributed by atoms with Crippen LogP contribution in [0.25, 0.3) is 0 Å². The molecule has 0 spiro atoms. The van der Waals surface area contributed by atoms with Gasteiger partial charge in [0.05, 0.1) is 6.04 Å². The molecule has 1 N–H and O–H groups in total. The molecule has 2 rings (SSSR count). The Bertz CT molecular complexity index is 415. The molecular weight excluding hydrogens is 234 g/mol. The summed E-state index contributed by atoms with van der Waals surface area (Å²) in [4.78, 5) is 12.1. The third kappa shape index (κ3) is 3.59. The first kappa shape index (κ1) is 14.1. The zero-order valence-corrected chi connectivity index (χ0v) is 12.3. The van der Waals surface area contributed by atoms with Crippen molar-refractivity contribution in [1.82, 2.24) is 5.32 Å². The van der Waals surface area contributed by atoms with Crippen molar-refractivity contribution in [3.63, 3.8) is 0 Å². The average molecular weight is 259 g/mol. The molecule has 0 aromatic heterocycles. The summed E-state index contributed by atoms with van der Waals surface area (Å²) in [6.45, 7) is 6.46. The zero-order valence-electron chi connectivity index (χ0n) is 12.3. The van der Waals surface area contributed by atoms with Crippen molar-refractivity contribution in [2.24, 2.45) is 5.92 Å². The van der Waals surface area contributed by atoms with Gasteiger partial charge >= 0.3 is 0 Å². The standard InChI is InChI=1S/C17H25NO/c1-12(2)14-8-10-15(11-9-14)13(3)18-17(19)16-6-4-5-7-16/h8-13,16H,4-7H2,1-3H3,(H,18,19)/t13-/m0/s1. The molecule has 2 nitrogen and oxygen atoms in total. The van der Waals surface area contributed by atoms with Crippen LogP contribution in [0, 0.1) is 5.92 Å². The second-order valence-electron chi connectivity index (χ2n) is 6.03. The Kier molecular flexibility index (Phi) is 4.62. The lowest BCUT2D eigenvalue weighted by atomic mass is 9.99. The van der Waals surface area contributed by atoms with E-state index in [-0.39, 0.29) is 17.9 Å². The second-order valence-corrected chi connectivity index (χ2v) is 6.03. The molecule has 1 aliphatic carbocycles. The van der Waals surface area contributed by atoms with Gasteiger partial charge in [-0.3, -0.25) is 4.79 Å². The van der Waals surface area contributed by atoms with E-state index in [1.807, 2.05) is 0 Å². The molecule has 0 unspecified atom stereocenters. The van der Waals surface area contributed by atoms with Gasteiger partial charge in [-0.15, -0.1) is 0 Å². The molecule has 1 aromatic carbocycles. The van der Waals surface area contributed by atoms with Crippen molar-refractivity contribution in [3.8, 4) is 0 Å². The summed E-state index contributed by atoms with van der Waals surface area (Å²) in [6, 6.07) is 8.70. The molecule has 1 saturated carbocycles. The maximum absolute atomic E-state index is 12.1. The first-order valence-electron chi connectivity index (χ1n) is 7.48. The van der Waals surface area contributed by atoms with Crippen LogP contribution in [0.4, 0.5) is 0 Å². The van der Waals surface area contributed by atoms with Crippen LogP contribution in [0.3, 0.4) is 0 Å². The molecule has 19 heavy (non-hydrogen) atoms. The Morgan fingerprint density at radius 1 is 1.05 bits per heavy atom. The van der Waals surface area contributed by atoms with Gasteiger partial charge in [0.15, 0.2) is 0 Å². The van der Waals surface area contributed by atoms with Crippen LogP contribution in [0.5, 0.6) is 0 Å². The van der Waals surface area contributed by atoms with Gasteiger partial charge in [0.1, 0.15) is 0 Å². The molecule has 0 aliphatic heterocycles. The lowest BCUT2D eigenvalue weighted by Gasteiger charge is -2.18. The highest BCUT2D eigenvalue weighted by atomic mass is 16.1. The van der Waals surface area contributed by atoms with E-state index in [9.17, 15) is 4.79 Å². The third-order valence-electron chi connectivity index (χ3n) is 4.19. The SMILES string of the molecule is CC(C)c1ccc([C@H](C)NC(=O)C2CCCC2)cc1. The van der Waals surface area contributed by atoms with Crippen molar-refractivity contribution < 1.29 is 4.79 Å². The van der Waals surface area contributed by atoms with Crippen LogP contribution >= 0.6 is 0 Å². The third-order valence-corrected chi connectivity index (χ3v) is 4.19. The highest BCUT2D eigenvalue weighted by Crippen LogP contribution is 2.26. The maximum Gasteiger partial charge on any atom is 0.223 e. The molecular formula is C17H25NO. The normalized spacial score (nSPS) is 17.7. The predicted molar refractivity (Wildman–Crippen MR) is 79.0 cm³/mol.